The summed E-state index contributed by atoms with van der Waals surface area (Å²) in [5, 5.41) is 3.29. The molecule has 118 valence electrons. The lowest BCUT2D eigenvalue weighted by molar-refractivity contribution is 0.391. The number of hydrogen-bond acceptors (Lipinski definition) is 5. The molecular weight excluding hydrogens is 295 g/mol. The van der Waals surface area contributed by atoms with Gasteiger partial charge in [-0.05, 0) is 31.1 Å². The highest BCUT2D eigenvalue weighted by Crippen LogP contribution is 2.29. The fourth-order valence-corrected chi connectivity index (χ4v) is 2.53. The van der Waals surface area contributed by atoms with Crippen LogP contribution in [0.2, 0.25) is 0 Å². The Morgan fingerprint density at radius 1 is 1.30 bits per heavy atom. The number of aromatic nitrogens is 2. The number of ether oxygens (including phenoxy) is 1. The minimum atomic E-state index is -0.373. The Hall–Kier alpha value is -2.63. The minimum Gasteiger partial charge on any atom is -0.457 e. The van der Waals surface area contributed by atoms with E-state index in [-0.39, 0.29) is 11.6 Å². The van der Waals surface area contributed by atoms with Crippen LogP contribution in [0.15, 0.2) is 36.2 Å². The molecule has 0 amide bonds. The highest BCUT2D eigenvalue weighted by molar-refractivity contribution is 5.69. The number of nitrogens with one attached hydrogen (secondary N) is 1. The van der Waals surface area contributed by atoms with E-state index < -0.39 is 0 Å². The van der Waals surface area contributed by atoms with Crippen LogP contribution < -0.4 is 15.0 Å². The molecule has 5 nitrogen and oxygen atoms in total. The molecule has 1 aromatic heterocycles. The molecule has 0 saturated heterocycles. The van der Waals surface area contributed by atoms with Crippen molar-refractivity contribution in [3.63, 3.8) is 0 Å². The van der Waals surface area contributed by atoms with Gasteiger partial charge in [-0.15, -0.1) is 0 Å². The lowest BCUT2D eigenvalue weighted by Gasteiger charge is -2.26. The van der Waals surface area contributed by atoms with E-state index in [4.69, 9.17) is 4.74 Å². The van der Waals surface area contributed by atoms with Gasteiger partial charge in [0, 0.05) is 24.8 Å². The molecule has 6 heteroatoms. The van der Waals surface area contributed by atoms with Gasteiger partial charge in [0.2, 0.25) is 5.95 Å². The molecule has 2 aliphatic rings. The average Bonchev–Trinajstić information content (AvgIpc) is 3.34. The van der Waals surface area contributed by atoms with E-state index in [2.05, 4.69) is 15.3 Å². The SMILES string of the molecule is CN1CC(Oc2ccccc2F)=Cc2cnc(NC3CC3)nc21. The molecule has 1 aliphatic carbocycles. The van der Waals surface area contributed by atoms with Gasteiger partial charge in [0.25, 0.3) is 0 Å². The molecule has 0 radical (unpaired) electrons. The number of likely N-dealkylation sites (N-methyl/N-ethyl adjacent to an activating group) is 1. The summed E-state index contributed by atoms with van der Waals surface area (Å²) in [6, 6.07) is 6.90. The van der Waals surface area contributed by atoms with Gasteiger partial charge in [0.05, 0.1) is 6.54 Å². The van der Waals surface area contributed by atoms with E-state index in [9.17, 15) is 4.39 Å². The van der Waals surface area contributed by atoms with E-state index in [1.54, 1.807) is 24.4 Å². The van der Waals surface area contributed by atoms with E-state index in [0.29, 0.717) is 24.3 Å². The maximum atomic E-state index is 13.7. The fourth-order valence-electron chi connectivity index (χ4n) is 2.53. The summed E-state index contributed by atoms with van der Waals surface area (Å²) >= 11 is 0. The number of benzene rings is 1. The molecule has 0 spiro atoms. The Kier molecular flexibility index (Phi) is 3.37. The van der Waals surface area contributed by atoms with E-state index in [1.165, 1.54) is 18.9 Å². The summed E-state index contributed by atoms with van der Waals surface area (Å²) in [5.74, 6) is 2.02. The Morgan fingerprint density at radius 3 is 2.91 bits per heavy atom. The molecule has 1 saturated carbocycles. The van der Waals surface area contributed by atoms with Crippen LogP contribution in [0.3, 0.4) is 0 Å². The Bertz CT molecular complexity index is 773. The van der Waals surface area contributed by atoms with Gasteiger partial charge in [-0.2, -0.15) is 4.98 Å². The van der Waals surface area contributed by atoms with Crippen LogP contribution in [-0.4, -0.2) is 29.6 Å². The van der Waals surface area contributed by atoms with Crippen LogP contribution in [-0.2, 0) is 0 Å². The van der Waals surface area contributed by atoms with E-state index >= 15 is 0 Å². The van der Waals surface area contributed by atoms with Gasteiger partial charge < -0.3 is 15.0 Å². The van der Waals surface area contributed by atoms with Gasteiger partial charge in [-0.1, -0.05) is 12.1 Å². The molecule has 1 aliphatic heterocycles. The second-order valence-corrected chi connectivity index (χ2v) is 5.89. The largest absolute Gasteiger partial charge is 0.457 e. The third kappa shape index (κ3) is 2.97. The number of nitrogens with zero attached hydrogens (tertiary/aromatic N) is 3. The smallest absolute Gasteiger partial charge is 0.224 e. The second kappa shape index (κ2) is 5.53. The summed E-state index contributed by atoms with van der Waals surface area (Å²) in [7, 11) is 1.93. The predicted molar refractivity (Wildman–Crippen MR) is 87.0 cm³/mol. The molecule has 1 aromatic carbocycles. The topological polar surface area (TPSA) is 50.3 Å². The van der Waals surface area contributed by atoms with Gasteiger partial charge in [0.15, 0.2) is 11.6 Å². The van der Waals surface area contributed by atoms with Crippen molar-refractivity contribution < 1.29 is 9.13 Å². The van der Waals surface area contributed by atoms with Crippen molar-refractivity contribution in [2.75, 3.05) is 23.8 Å². The zero-order valence-corrected chi connectivity index (χ0v) is 12.8. The monoisotopic (exact) mass is 312 g/mol. The molecule has 23 heavy (non-hydrogen) atoms. The molecule has 4 rings (SSSR count). The maximum absolute atomic E-state index is 13.7. The molecule has 1 fully saturated rings. The Morgan fingerprint density at radius 2 is 2.13 bits per heavy atom. The number of fused-ring (bicyclic) bond motifs is 1. The van der Waals surface area contributed by atoms with Crippen molar-refractivity contribution >= 4 is 17.8 Å². The second-order valence-electron chi connectivity index (χ2n) is 5.89. The molecular formula is C17H17FN4O. The van der Waals surface area contributed by atoms with Crippen LogP contribution >= 0.6 is 0 Å². The van der Waals surface area contributed by atoms with E-state index in [1.807, 2.05) is 18.0 Å². The maximum Gasteiger partial charge on any atom is 0.224 e. The summed E-state index contributed by atoms with van der Waals surface area (Å²) in [4.78, 5) is 10.9. The number of anilines is 2. The number of rotatable bonds is 4. The van der Waals surface area contributed by atoms with Crippen LogP contribution in [0, 0.1) is 5.82 Å². The third-order valence-corrected chi connectivity index (χ3v) is 3.86. The first-order chi connectivity index (χ1) is 11.2. The van der Waals surface area contributed by atoms with Crippen LogP contribution in [0.4, 0.5) is 16.2 Å². The van der Waals surface area contributed by atoms with Crippen molar-refractivity contribution in [1.82, 2.24) is 9.97 Å². The van der Waals surface area contributed by atoms with Gasteiger partial charge >= 0.3 is 0 Å². The van der Waals surface area contributed by atoms with Crippen molar-refractivity contribution in [3.8, 4) is 5.75 Å². The van der Waals surface area contributed by atoms with Gasteiger partial charge in [0.1, 0.15) is 11.6 Å². The Labute approximate surface area is 133 Å². The van der Waals surface area contributed by atoms with Crippen molar-refractivity contribution in [2.45, 2.75) is 18.9 Å². The summed E-state index contributed by atoms with van der Waals surface area (Å²) in [6.45, 7) is 0.529. The van der Waals surface area contributed by atoms with E-state index in [0.717, 1.165) is 11.4 Å². The zero-order chi connectivity index (χ0) is 15.8. The lowest BCUT2D eigenvalue weighted by atomic mass is 10.2. The molecule has 1 N–H and O–H groups in total. The highest BCUT2D eigenvalue weighted by atomic mass is 19.1. The fraction of sp³-hybridized carbons (Fsp3) is 0.294. The van der Waals surface area contributed by atoms with Crippen molar-refractivity contribution in [2.24, 2.45) is 0 Å². The highest BCUT2D eigenvalue weighted by Gasteiger charge is 2.24. The number of para-hydroxylation sites is 1. The average molecular weight is 312 g/mol. The number of hydrogen-bond donors (Lipinski definition) is 1. The van der Waals surface area contributed by atoms with Crippen LogP contribution in [0.5, 0.6) is 5.75 Å². The normalized spacial score (nSPS) is 16.6. The first-order valence-electron chi connectivity index (χ1n) is 7.67. The first-order valence-corrected chi connectivity index (χ1v) is 7.67. The summed E-state index contributed by atoms with van der Waals surface area (Å²) in [6.07, 6.45) is 5.99. The van der Waals surface area contributed by atoms with Crippen LogP contribution in [0.1, 0.15) is 18.4 Å². The zero-order valence-electron chi connectivity index (χ0n) is 12.8. The Balaban J connectivity index is 1.59. The predicted octanol–water partition coefficient (Wildman–Crippen LogP) is 3.06. The summed E-state index contributed by atoms with van der Waals surface area (Å²) in [5.41, 5.74) is 0.867. The molecule has 0 unspecified atom stereocenters. The van der Waals surface area contributed by atoms with Crippen LogP contribution in [0.25, 0.3) is 6.08 Å². The van der Waals surface area contributed by atoms with Crippen molar-refractivity contribution in [3.05, 3.63) is 47.6 Å². The summed E-state index contributed by atoms with van der Waals surface area (Å²) < 4.78 is 19.4. The number of halogens is 1. The quantitative estimate of drug-likeness (QED) is 0.940. The minimum absolute atomic E-state index is 0.225. The molecule has 0 bridgehead atoms. The molecule has 0 atom stereocenters. The molecule has 2 aromatic rings. The van der Waals surface area contributed by atoms with Gasteiger partial charge in [-0.3, -0.25) is 0 Å². The third-order valence-electron chi connectivity index (χ3n) is 3.86. The molecule has 2 heterocycles. The first kappa shape index (κ1) is 14.0. The van der Waals surface area contributed by atoms with Gasteiger partial charge in [-0.25, -0.2) is 9.37 Å². The lowest BCUT2D eigenvalue weighted by Crippen LogP contribution is -2.27. The van der Waals surface area contributed by atoms with Crippen molar-refractivity contribution in [1.29, 1.82) is 0 Å². The standard InChI is InChI=1S/C17H17FN4O/c1-22-10-13(23-15-5-3-2-4-14(15)18)8-11-9-19-17(21-16(11)22)20-12-6-7-12/h2-5,8-9,12H,6-7,10H2,1H3,(H,19,20,21).